The molecule has 0 saturated carbocycles. The molecule has 17 heavy (non-hydrogen) atoms. The van der Waals surface area contributed by atoms with Crippen molar-refractivity contribution in [3.05, 3.63) is 23.3 Å². The molecular weight excluding hydrogens is 222 g/mol. The van der Waals surface area contributed by atoms with Gasteiger partial charge in [0.05, 0.1) is 26.3 Å². The van der Waals surface area contributed by atoms with E-state index in [1.54, 1.807) is 13.1 Å². The largest absolute Gasteiger partial charge is 0.493 e. The molecule has 1 rings (SSSR count). The number of carbonyl (C=O) groups is 2. The van der Waals surface area contributed by atoms with E-state index in [1.807, 2.05) is 0 Å². The first kappa shape index (κ1) is 13.2. The first-order valence-electron chi connectivity index (χ1n) is 5.07. The second-order valence-electron chi connectivity index (χ2n) is 3.37. The minimum Gasteiger partial charge on any atom is -0.493 e. The molecule has 0 amide bonds. The van der Waals surface area contributed by atoms with Crippen LogP contribution >= 0.6 is 0 Å². The van der Waals surface area contributed by atoms with Crippen molar-refractivity contribution < 1.29 is 19.1 Å². The fourth-order valence-corrected chi connectivity index (χ4v) is 1.50. The van der Waals surface area contributed by atoms with Crippen molar-refractivity contribution in [2.45, 2.75) is 0 Å². The third-order valence-electron chi connectivity index (χ3n) is 2.29. The number of hydrogen-bond acceptors (Lipinski definition) is 5. The molecule has 0 spiro atoms. The van der Waals surface area contributed by atoms with Crippen molar-refractivity contribution in [2.75, 3.05) is 27.8 Å². The summed E-state index contributed by atoms with van der Waals surface area (Å²) in [5.74, 6) is 0.594. The molecule has 5 nitrogen and oxygen atoms in total. The molecule has 0 aliphatic heterocycles. The zero-order valence-electron chi connectivity index (χ0n) is 10.1. The Balaban J connectivity index is 3.26. The number of likely N-dealkylation sites (N-methyl/N-ethyl adjacent to an activating group) is 1. The standard InChI is InChI=1S/C12H15NO4/c1-13-6-10(15)8-4-9(7-14)12(17-3)11(5-8)16-2/h4-5,7,13H,6H2,1-3H3. The second-order valence-corrected chi connectivity index (χ2v) is 3.37. The van der Waals surface area contributed by atoms with Crippen LogP contribution in [-0.4, -0.2) is 39.9 Å². The number of ketones is 1. The van der Waals surface area contributed by atoms with Gasteiger partial charge in [-0.25, -0.2) is 0 Å². The topological polar surface area (TPSA) is 64.6 Å². The van der Waals surface area contributed by atoms with Crippen molar-refractivity contribution in [3.8, 4) is 11.5 Å². The Bertz CT molecular complexity index is 429. The summed E-state index contributed by atoms with van der Waals surface area (Å²) >= 11 is 0. The van der Waals surface area contributed by atoms with Crippen LogP contribution in [0.15, 0.2) is 12.1 Å². The van der Waals surface area contributed by atoms with Gasteiger partial charge >= 0.3 is 0 Å². The Morgan fingerprint density at radius 2 is 2.06 bits per heavy atom. The van der Waals surface area contributed by atoms with Crippen LogP contribution in [0, 0.1) is 0 Å². The molecule has 1 aromatic carbocycles. The van der Waals surface area contributed by atoms with E-state index in [0.29, 0.717) is 28.9 Å². The third kappa shape index (κ3) is 2.82. The fraction of sp³-hybridized carbons (Fsp3) is 0.333. The molecule has 0 aliphatic carbocycles. The van der Waals surface area contributed by atoms with Crippen molar-refractivity contribution in [3.63, 3.8) is 0 Å². The maximum Gasteiger partial charge on any atom is 0.176 e. The number of carbonyl (C=O) groups excluding carboxylic acids is 2. The van der Waals surface area contributed by atoms with E-state index in [-0.39, 0.29) is 12.3 Å². The number of methoxy groups -OCH3 is 2. The Kier molecular flexibility index (Phi) is 4.66. The van der Waals surface area contributed by atoms with Gasteiger partial charge in [-0.15, -0.1) is 0 Å². The molecule has 0 fully saturated rings. The van der Waals surface area contributed by atoms with Crippen LogP contribution in [0.1, 0.15) is 20.7 Å². The molecule has 5 heteroatoms. The summed E-state index contributed by atoms with van der Waals surface area (Å²) < 4.78 is 10.2. The summed E-state index contributed by atoms with van der Waals surface area (Å²) in [5.41, 5.74) is 0.713. The third-order valence-corrected chi connectivity index (χ3v) is 2.29. The molecule has 0 saturated heterocycles. The van der Waals surface area contributed by atoms with Crippen LogP contribution < -0.4 is 14.8 Å². The highest BCUT2D eigenvalue weighted by atomic mass is 16.5. The maximum absolute atomic E-state index is 11.7. The lowest BCUT2D eigenvalue weighted by Gasteiger charge is -2.11. The van der Waals surface area contributed by atoms with E-state index in [0.717, 1.165) is 0 Å². The molecule has 0 aromatic heterocycles. The van der Waals surface area contributed by atoms with Crippen molar-refractivity contribution >= 4 is 12.1 Å². The van der Waals surface area contributed by atoms with E-state index in [4.69, 9.17) is 9.47 Å². The quantitative estimate of drug-likeness (QED) is 0.588. The smallest absolute Gasteiger partial charge is 0.176 e. The number of hydrogen-bond donors (Lipinski definition) is 1. The van der Waals surface area contributed by atoms with Crippen molar-refractivity contribution in [1.29, 1.82) is 0 Å². The van der Waals surface area contributed by atoms with E-state index in [1.165, 1.54) is 20.3 Å². The lowest BCUT2D eigenvalue weighted by Crippen LogP contribution is -2.18. The fourth-order valence-electron chi connectivity index (χ4n) is 1.50. The molecule has 92 valence electrons. The van der Waals surface area contributed by atoms with Gasteiger partial charge in [0.25, 0.3) is 0 Å². The summed E-state index contributed by atoms with van der Waals surface area (Å²) in [6.45, 7) is 0.202. The van der Waals surface area contributed by atoms with Gasteiger partial charge in [0.1, 0.15) is 0 Å². The highest BCUT2D eigenvalue weighted by molar-refractivity contribution is 6.00. The number of Topliss-reactive ketones (excluding diaryl/α,β-unsaturated/α-hetero) is 1. The van der Waals surface area contributed by atoms with E-state index >= 15 is 0 Å². The van der Waals surface area contributed by atoms with Gasteiger partial charge < -0.3 is 14.8 Å². The molecule has 1 aromatic rings. The van der Waals surface area contributed by atoms with Gasteiger partial charge in [0.2, 0.25) is 0 Å². The Morgan fingerprint density at radius 1 is 1.35 bits per heavy atom. The number of aldehydes is 1. The lowest BCUT2D eigenvalue weighted by molar-refractivity contribution is 0.0993. The Labute approximate surface area is 99.7 Å². The summed E-state index contributed by atoms with van der Waals surface area (Å²) in [6, 6.07) is 3.06. The molecule has 0 radical (unpaired) electrons. The van der Waals surface area contributed by atoms with Gasteiger partial charge in [-0.3, -0.25) is 9.59 Å². The van der Waals surface area contributed by atoms with Crippen LogP contribution in [0.4, 0.5) is 0 Å². The summed E-state index contributed by atoms with van der Waals surface area (Å²) in [5, 5.41) is 2.76. The molecule has 0 bridgehead atoms. The van der Waals surface area contributed by atoms with Gasteiger partial charge in [-0.05, 0) is 19.2 Å². The summed E-state index contributed by atoms with van der Waals surface area (Å²) in [7, 11) is 4.58. The van der Waals surface area contributed by atoms with E-state index < -0.39 is 0 Å². The first-order chi connectivity index (χ1) is 8.17. The van der Waals surface area contributed by atoms with Gasteiger partial charge in [-0.2, -0.15) is 0 Å². The predicted molar refractivity (Wildman–Crippen MR) is 63.2 cm³/mol. The number of rotatable bonds is 6. The van der Waals surface area contributed by atoms with Crippen LogP contribution in [0.3, 0.4) is 0 Å². The molecule has 0 atom stereocenters. The second kappa shape index (κ2) is 6.00. The van der Waals surface area contributed by atoms with E-state index in [2.05, 4.69) is 5.32 Å². The Hall–Kier alpha value is -1.88. The zero-order valence-corrected chi connectivity index (χ0v) is 10.1. The average molecular weight is 237 g/mol. The summed E-state index contributed by atoms with van der Waals surface area (Å²) in [6.07, 6.45) is 0.636. The van der Waals surface area contributed by atoms with E-state index in [9.17, 15) is 9.59 Å². The van der Waals surface area contributed by atoms with Gasteiger partial charge in [-0.1, -0.05) is 0 Å². The summed E-state index contributed by atoms with van der Waals surface area (Å²) in [4.78, 5) is 22.6. The van der Waals surface area contributed by atoms with Crippen LogP contribution in [0.5, 0.6) is 11.5 Å². The minimum absolute atomic E-state index is 0.114. The number of nitrogens with one attached hydrogen (secondary N) is 1. The molecular formula is C12H15NO4. The van der Waals surface area contributed by atoms with Crippen molar-refractivity contribution in [2.24, 2.45) is 0 Å². The first-order valence-corrected chi connectivity index (χ1v) is 5.07. The molecule has 0 heterocycles. The monoisotopic (exact) mass is 237 g/mol. The molecule has 0 aliphatic rings. The molecule has 0 unspecified atom stereocenters. The van der Waals surface area contributed by atoms with Gasteiger partial charge in [0, 0.05) is 5.56 Å². The number of benzene rings is 1. The maximum atomic E-state index is 11.7. The van der Waals surface area contributed by atoms with Crippen LogP contribution in [0.2, 0.25) is 0 Å². The molecule has 1 N–H and O–H groups in total. The van der Waals surface area contributed by atoms with Crippen LogP contribution in [-0.2, 0) is 0 Å². The van der Waals surface area contributed by atoms with Crippen LogP contribution in [0.25, 0.3) is 0 Å². The normalized spacial score (nSPS) is 9.82. The highest BCUT2D eigenvalue weighted by Crippen LogP contribution is 2.31. The average Bonchev–Trinajstić information content (AvgIpc) is 2.37. The number of ether oxygens (including phenoxy) is 2. The lowest BCUT2D eigenvalue weighted by atomic mass is 10.1. The SMILES string of the molecule is CNCC(=O)c1cc(C=O)c(OC)c(OC)c1. The minimum atomic E-state index is -0.114. The Morgan fingerprint density at radius 3 is 2.53 bits per heavy atom. The van der Waals surface area contributed by atoms with Crippen molar-refractivity contribution in [1.82, 2.24) is 5.32 Å². The van der Waals surface area contributed by atoms with Gasteiger partial charge in [0.15, 0.2) is 23.6 Å². The highest BCUT2D eigenvalue weighted by Gasteiger charge is 2.15. The predicted octanol–water partition coefficient (Wildman–Crippen LogP) is 0.918. The zero-order chi connectivity index (χ0) is 12.8.